The molecule has 0 aromatic heterocycles. The van der Waals surface area contributed by atoms with Crippen molar-refractivity contribution in [3.63, 3.8) is 0 Å². The SMILES string of the molecule is COc1ccc(C(=O)N2CCCC(C)C2)cc1S(=O)(=O)NC1CCCC1. The number of rotatable bonds is 5. The van der Waals surface area contributed by atoms with Crippen LogP contribution in [0, 0.1) is 5.92 Å². The molecule has 1 heterocycles. The quantitative estimate of drug-likeness (QED) is 0.852. The molecule has 144 valence electrons. The van der Waals surface area contributed by atoms with Gasteiger partial charge in [0.1, 0.15) is 10.6 Å². The van der Waals surface area contributed by atoms with Crippen molar-refractivity contribution in [3.8, 4) is 5.75 Å². The minimum absolute atomic E-state index is 0.0352. The van der Waals surface area contributed by atoms with Gasteiger partial charge in [-0.3, -0.25) is 4.79 Å². The monoisotopic (exact) mass is 380 g/mol. The molecule has 7 heteroatoms. The second-order valence-electron chi connectivity index (χ2n) is 7.47. The zero-order valence-electron chi connectivity index (χ0n) is 15.5. The lowest BCUT2D eigenvalue weighted by Gasteiger charge is -2.31. The molecule has 6 nitrogen and oxygen atoms in total. The average Bonchev–Trinajstić information content (AvgIpc) is 3.12. The van der Waals surface area contributed by atoms with Gasteiger partial charge in [0.25, 0.3) is 5.91 Å². The van der Waals surface area contributed by atoms with E-state index >= 15 is 0 Å². The van der Waals surface area contributed by atoms with Gasteiger partial charge in [0, 0.05) is 24.7 Å². The number of ether oxygens (including phenoxy) is 1. The second-order valence-corrected chi connectivity index (χ2v) is 9.15. The summed E-state index contributed by atoms with van der Waals surface area (Å²) in [5.74, 6) is 0.619. The predicted molar refractivity (Wildman–Crippen MR) is 99.9 cm³/mol. The van der Waals surface area contributed by atoms with Crippen LogP contribution in [0.25, 0.3) is 0 Å². The predicted octanol–water partition coefficient (Wildman–Crippen LogP) is 2.79. The minimum atomic E-state index is -3.73. The van der Waals surface area contributed by atoms with E-state index in [1.165, 1.54) is 13.2 Å². The normalized spacial score (nSPS) is 21.8. The van der Waals surface area contributed by atoms with Crippen molar-refractivity contribution < 1.29 is 17.9 Å². The van der Waals surface area contributed by atoms with Crippen molar-refractivity contribution in [3.05, 3.63) is 23.8 Å². The molecular formula is C19H28N2O4S. The number of nitrogens with zero attached hydrogens (tertiary/aromatic N) is 1. The highest BCUT2D eigenvalue weighted by Gasteiger charge is 2.28. The van der Waals surface area contributed by atoms with Gasteiger partial charge in [-0.1, -0.05) is 19.8 Å². The highest BCUT2D eigenvalue weighted by molar-refractivity contribution is 7.89. The van der Waals surface area contributed by atoms with Gasteiger partial charge in [-0.05, 0) is 49.8 Å². The third kappa shape index (κ3) is 4.20. The van der Waals surface area contributed by atoms with Crippen molar-refractivity contribution in [2.24, 2.45) is 5.92 Å². The van der Waals surface area contributed by atoms with Crippen LogP contribution in [0.1, 0.15) is 55.8 Å². The molecular weight excluding hydrogens is 352 g/mol. The van der Waals surface area contributed by atoms with E-state index in [4.69, 9.17) is 4.74 Å². The molecule has 0 bridgehead atoms. The number of piperidine rings is 1. The molecule has 2 aliphatic rings. The Hall–Kier alpha value is -1.60. The Morgan fingerprint density at radius 2 is 1.92 bits per heavy atom. The summed E-state index contributed by atoms with van der Waals surface area (Å²) in [6.45, 7) is 3.57. The van der Waals surface area contributed by atoms with Gasteiger partial charge in [-0.15, -0.1) is 0 Å². The Morgan fingerprint density at radius 3 is 2.58 bits per heavy atom. The fraction of sp³-hybridized carbons (Fsp3) is 0.632. The lowest BCUT2D eigenvalue weighted by molar-refractivity contribution is 0.0682. The summed E-state index contributed by atoms with van der Waals surface area (Å²) >= 11 is 0. The molecule has 0 radical (unpaired) electrons. The lowest BCUT2D eigenvalue weighted by Crippen LogP contribution is -2.39. The van der Waals surface area contributed by atoms with Crippen molar-refractivity contribution in [2.45, 2.75) is 56.4 Å². The molecule has 0 spiro atoms. The number of carbonyl (C=O) groups excluding carboxylic acids is 1. The number of hydrogen-bond donors (Lipinski definition) is 1. The van der Waals surface area contributed by atoms with Gasteiger partial charge in [-0.2, -0.15) is 0 Å². The highest BCUT2D eigenvalue weighted by atomic mass is 32.2. The molecule has 1 amide bonds. The van der Waals surface area contributed by atoms with Crippen LogP contribution < -0.4 is 9.46 Å². The fourth-order valence-corrected chi connectivity index (χ4v) is 5.40. The first-order valence-corrected chi connectivity index (χ1v) is 10.9. The Balaban J connectivity index is 1.87. The largest absolute Gasteiger partial charge is 0.495 e. The van der Waals surface area contributed by atoms with Crippen LogP contribution in [0.3, 0.4) is 0 Å². The number of methoxy groups -OCH3 is 1. The van der Waals surface area contributed by atoms with Gasteiger partial charge < -0.3 is 9.64 Å². The topological polar surface area (TPSA) is 75.7 Å². The number of likely N-dealkylation sites (tertiary alicyclic amines) is 1. The molecule has 1 saturated carbocycles. The Kier molecular flexibility index (Phi) is 5.87. The Morgan fingerprint density at radius 1 is 1.19 bits per heavy atom. The minimum Gasteiger partial charge on any atom is -0.495 e. The van der Waals surface area contributed by atoms with Crippen LogP contribution >= 0.6 is 0 Å². The maximum atomic E-state index is 12.9. The number of amides is 1. The number of carbonyl (C=O) groups is 1. The van der Waals surface area contributed by atoms with E-state index in [1.54, 1.807) is 12.1 Å². The van der Waals surface area contributed by atoms with Crippen molar-refractivity contribution in [1.82, 2.24) is 9.62 Å². The van der Waals surface area contributed by atoms with E-state index in [0.717, 1.165) is 45.1 Å². The fourth-order valence-electron chi connectivity index (χ4n) is 3.90. The molecule has 1 aliphatic heterocycles. The molecule has 1 aliphatic carbocycles. The maximum Gasteiger partial charge on any atom is 0.253 e. The summed E-state index contributed by atoms with van der Waals surface area (Å²) in [7, 11) is -2.29. The first kappa shape index (κ1) is 19.2. The number of benzene rings is 1. The summed E-state index contributed by atoms with van der Waals surface area (Å²) in [6.07, 6.45) is 5.89. The summed E-state index contributed by atoms with van der Waals surface area (Å²) < 4.78 is 33.7. The summed E-state index contributed by atoms with van der Waals surface area (Å²) in [4.78, 5) is 14.7. The van der Waals surface area contributed by atoms with Gasteiger partial charge in [0.15, 0.2) is 0 Å². The third-order valence-electron chi connectivity index (χ3n) is 5.32. The Bertz CT molecular complexity index is 757. The molecule has 1 unspecified atom stereocenters. The zero-order valence-corrected chi connectivity index (χ0v) is 16.3. The maximum absolute atomic E-state index is 12.9. The van der Waals surface area contributed by atoms with E-state index < -0.39 is 10.0 Å². The van der Waals surface area contributed by atoms with E-state index in [-0.39, 0.29) is 22.6 Å². The first-order chi connectivity index (χ1) is 12.4. The molecule has 1 atom stereocenters. The second kappa shape index (κ2) is 7.96. The van der Waals surface area contributed by atoms with Gasteiger partial charge in [-0.25, -0.2) is 13.1 Å². The van der Waals surface area contributed by atoms with Gasteiger partial charge in [0.05, 0.1) is 7.11 Å². The molecule has 1 aromatic rings. The number of hydrogen-bond acceptors (Lipinski definition) is 4. The van der Waals surface area contributed by atoms with Crippen LogP contribution in [0.4, 0.5) is 0 Å². The molecule has 1 N–H and O–H groups in total. The Labute approximate surface area is 156 Å². The van der Waals surface area contributed by atoms with Crippen LogP contribution in [0.5, 0.6) is 5.75 Å². The van der Waals surface area contributed by atoms with Crippen LogP contribution in [-0.4, -0.2) is 45.5 Å². The summed E-state index contributed by atoms with van der Waals surface area (Å²) in [6, 6.07) is 4.64. The number of sulfonamides is 1. The van der Waals surface area contributed by atoms with E-state index in [9.17, 15) is 13.2 Å². The van der Waals surface area contributed by atoms with Gasteiger partial charge >= 0.3 is 0 Å². The van der Waals surface area contributed by atoms with E-state index in [1.807, 2.05) is 4.90 Å². The van der Waals surface area contributed by atoms with E-state index in [0.29, 0.717) is 18.0 Å². The van der Waals surface area contributed by atoms with E-state index in [2.05, 4.69) is 11.6 Å². The third-order valence-corrected chi connectivity index (χ3v) is 6.86. The van der Waals surface area contributed by atoms with Crippen molar-refractivity contribution in [2.75, 3.05) is 20.2 Å². The molecule has 1 saturated heterocycles. The van der Waals surface area contributed by atoms with Crippen LogP contribution in [-0.2, 0) is 10.0 Å². The number of nitrogens with one attached hydrogen (secondary N) is 1. The summed E-state index contributed by atoms with van der Waals surface area (Å²) in [5, 5.41) is 0. The molecule has 1 aromatic carbocycles. The van der Waals surface area contributed by atoms with Crippen LogP contribution in [0.2, 0.25) is 0 Å². The summed E-state index contributed by atoms with van der Waals surface area (Å²) in [5.41, 5.74) is 0.395. The molecule has 3 rings (SSSR count). The smallest absolute Gasteiger partial charge is 0.253 e. The lowest BCUT2D eigenvalue weighted by atomic mass is 9.99. The van der Waals surface area contributed by atoms with Crippen molar-refractivity contribution in [1.29, 1.82) is 0 Å². The standard InChI is InChI=1S/C19H28N2O4S/c1-14-6-5-11-21(13-14)19(22)15-9-10-17(25-2)18(12-15)26(23,24)20-16-7-3-4-8-16/h9-10,12,14,16,20H,3-8,11,13H2,1-2H3. The molecule has 2 fully saturated rings. The van der Waals surface area contributed by atoms with Gasteiger partial charge in [0.2, 0.25) is 10.0 Å². The zero-order chi connectivity index (χ0) is 18.7. The van der Waals surface area contributed by atoms with Crippen molar-refractivity contribution >= 4 is 15.9 Å². The highest BCUT2D eigenvalue weighted by Crippen LogP contribution is 2.28. The first-order valence-electron chi connectivity index (χ1n) is 9.40. The average molecular weight is 381 g/mol. The molecule has 26 heavy (non-hydrogen) atoms. The van der Waals surface area contributed by atoms with Crippen LogP contribution in [0.15, 0.2) is 23.1 Å².